The maximum absolute atomic E-state index is 12.6. The third kappa shape index (κ3) is 3.21. The average Bonchev–Trinajstić information content (AvgIpc) is 3.16. The van der Waals surface area contributed by atoms with Crippen LogP contribution in [0.5, 0.6) is 0 Å². The molecule has 3 nitrogen and oxygen atoms in total. The first-order valence-corrected chi connectivity index (χ1v) is 14.6. The topological polar surface area (TPSA) is 43.4 Å². The summed E-state index contributed by atoms with van der Waals surface area (Å²) < 4.78 is 5.89. The van der Waals surface area contributed by atoms with Crippen molar-refractivity contribution in [2.45, 2.75) is 119 Å². The Morgan fingerprint density at radius 1 is 0.829 bits per heavy atom. The van der Waals surface area contributed by atoms with E-state index in [1.54, 1.807) is 6.92 Å². The predicted molar refractivity (Wildman–Crippen MR) is 141 cm³/mol. The number of hydrogen-bond donors (Lipinski definition) is 0. The van der Waals surface area contributed by atoms with Crippen LogP contribution in [0.4, 0.5) is 0 Å². The van der Waals surface area contributed by atoms with Crippen LogP contribution in [0.1, 0.15) is 113 Å². The molecule has 0 saturated heterocycles. The standard InChI is InChI=1S/C32H50O3/c1-20(2)22-11-16-32(19-33)18-17-30(7)23(27(22)32)9-10-25-29(6)14-13-26(35-21(3)34)28(4,5)24(29)12-15-31(25,30)8/h19,22-27H,1,9-18H2,2-8H3. The van der Waals surface area contributed by atoms with Crippen LogP contribution in [0.15, 0.2) is 12.2 Å². The van der Waals surface area contributed by atoms with Crippen LogP contribution in [-0.2, 0) is 14.3 Å². The largest absolute Gasteiger partial charge is 0.462 e. The number of carbonyl (C=O) groups excluding carboxylic acids is 2. The van der Waals surface area contributed by atoms with Gasteiger partial charge in [-0.15, -0.1) is 0 Å². The number of allylic oxidation sites excluding steroid dienone is 1. The average molecular weight is 483 g/mol. The van der Waals surface area contributed by atoms with Crippen LogP contribution < -0.4 is 0 Å². The molecule has 0 aromatic rings. The highest BCUT2D eigenvalue weighted by atomic mass is 16.5. The minimum atomic E-state index is -0.134. The zero-order valence-corrected chi connectivity index (χ0v) is 23.5. The van der Waals surface area contributed by atoms with Crippen LogP contribution in [0.25, 0.3) is 0 Å². The first-order chi connectivity index (χ1) is 16.3. The van der Waals surface area contributed by atoms with E-state index >= 15 is 0 Å². The quantitative estimate of drug-likeness (QED) is 0.234. The van der Waals surface area contributed by atoms with E-state index in [0.717, 1.165) is 32.1 Å². The molecular formula is C32H50O3. The van der Waals surface area contributed by atoms with E-state index in [2.05, 4.69) is 48.1 Å². The zero-order chi connectivity index (χ0) is 25.6. The van der Waals surface area contributed by atoms with Crippen LogP contribution in [-0.4, -0.2) is 18.4 Å². The van der Waals surface area contributed by atoms with Crippen LogP contribution >= 0.6 is 0 Å². The molecule has 5 rings (SSSR count). The first kappa shape index (κ1) is 25.5. The summed E-state index contributed by atoms with van der Waals surface area (Å²) in [4.78, 5) is 24.5. The van der Waals surface area contributed by atoms with Gasteiger partial charge in [0.2, 0.25) is 0 Å². The van der Waals surface area contributed by atoms with E-state index in [-0.39, 0.29) is 33.7 Å². The van der Waals surface area contributed by atoms with Gasteiger partial charge < -0.3 is 9.53 Å². The normalized spacial score (nSPS) is 52.3. The van der Waals surface area contributed by atoms with Crippen LogP contribution in [0, 0.1) is 56.7 Å². The molecule has 0 amide bonds. The van der Waals surface area contributed by atoms with Gasteiger partial charge in [-0.2, -0.15) is 0 Å². The number of hydrogen-bond acceptors (Lipinski definition) is 3. The SMILES string of the molecule is C=C(C)C1CCC2(C=O)CCC3(C)C(CCC4C5(C)CCC(OC(C)=O)C(C)(C)C5CCC43C)C12. The molecule has 0 aliphatic heterocycles. The second-order valence-corrected chi connectivity index (χ2v) is 15.0. The van der Waals surface area contributed by atoms with Gasteiger partial charge in [0.05, 0.1) is 0 Å². The van der Waals surface area contributed by atoms with Crippen molar-refractivity contribution < 1.29 is 14.3 Å². The number of ether oxygens (including phenoxy) is 1. The maximum atomic E-state index is 12.6. The van der Waals surface area contributed by atoms with Gasteiger partial charge >= 0.3 is 5.97 Å². The zero-order valence-electron chi connectivity index (χ0n) is 23.5. The summed E-state index contributed by atoms with van der Waals surface area (Å²) in [5.41, 5.74) is 2.05. The highest BCUT2D eigenvalue weighted by Crippen LogP contribution is 2.77. The summed E-state index contributed by atoms with van der Waals surface area (Å²) in [6.45, 7) is 20.8. The fourth-order valence-corrected chi connectivity index (χ4v) is 11.8. The summed E-state index contributed by atoms with van der Waals surface area (Å²) >= 11 is 0. The lowest BCUT2D eigenvalue weighted by atomic mass is 9.32. The van der Waals surface area contributed by atoms with Crippen molar-refractivity contribution in [2.24, 2.45) is 56.7 Å². The molecule has 0 aromatic heterocycles. The molecule has 0 radical (unpaired) electrons. The molecular weight excluding hydrogens is 432 g/mol. The lowest BCUT2D eigenvalue weighted by Gasteiger charge is -2.72. The van der Waals surface area contributed by atoms with E-state index < -0.39 is 0 Å². The Kier molecular flexibility index (Phi) is 5.79. The van der Waals surface area contributed by atoms with E-state index in [1.807, 2.05) is 0 Å². The van der Waals surface area contributed by atoms with E-state index in [0.29, 0.717) is 35.0 Å². The summed E-state index contributed by atoms with van der Waals surface area (Å²) in [7, 11) is 0. The number of carbonyl (C=O) groups is 2. The summed E-state index contributed by atoms with van der Waals surface area (Å²) in [6, 6.07) is 0. The monoisotopic (exact) mass is 482 g/mol. The molecule has 0 aromatic carbocycles. The summed E-state index contributed by atoms with van der Waals surface area (Å²) in [6.07, 6.45) is 13.1. The van der Waals surface area contributed by atoms with Crippen molar-refractivity contribution in [2.75, 3.05) is 0 Å². The fraction of sp³-hybridized carbons (Fsp3) is 0.875. The van der Waals surface area contributed by atoms with Crippen molar-refractivity contribution in [1.29, 1.82) is 0 Å². The van der Waals surface area contributed by atoms with Crippen LogP contribution in [0.3, 0.4) is 0 Å². The molecule has 5 saturated carbocycles. The lowest BCUT2D eigenvalue weighted by Crippen LogP contribution is -2.66. The maximum Gasteiger partial charge on any atom is 0.302 e. The molecule has 0 spiro atoms. The Labute approximate surface area is 214 Å². The molecule has 10 unspecified atom stereocenters. The smallest absolute Gasteiger partial charge is 0.302 e. The third-order valence-electron chi connectivity index (χ3n) is 13.6. The van der Waals surface area contributed by atoms with Gasteiger partial charge in [-0.05, 0) is 117 Å². The lowest BCUT2D eigenvalue weighted by molar-refractivity contribution is -0.247. The van der Waals surface area contributed by atoms with Gasteiger partial charge in [-0.3, -0.25) is 4.79 Å². The second kappa shape index (κ2) is 7.94. The molecule has 5 aliphatic rings. The molecule has 0 heterocycles. The molecule has 5 fully saturated rings. The first-order valence-electron chi connectivity index (χ1n) is 14.6. The predicted octanol–water partition coefficient (Wildman–Crippen LogP) is 7.77. The number of esters is 1. The van der Waals surface area contributed by atoms with Crippen molar-refractivity contribution in [3.63, 3.8) is 0 Å². The fourth-order valence-electron chi connectivity index (χ4n) is 11.8. The van der Waals surface area contributed by atoms with Crippen molar-refractivity contribution in [1.82, 2.24) is 0 Å². The Morgan fingerprint density at radius 3 is 2.17 bits per heavy atom. The molecule has 5 aliphatic carbocycles. The Bertz CT molecular complexity index is 920. The van der Waals surface area contributed by atoms with E-state index in [9.17, 15) is 9.59 Å². The molecule has 196 valence electrons. The van der Waals surface area contributed by atoms with Gasteiger partial charge in [-0.25, -0.2) is 0 Å². The highest BCUT2D eigenvalue weighted by Gasteiger charge is 2.71. The third-order valence-corrected chi connectivity index (χ3v) is 13.6. The van der Waals surface area contributed by atoms with Crippen LogP contribution in [0.2, 0.25) is 0 Å². The van der Waals surface area contributed by atoms with Gasteiger partial charge in [0.25, 0.3) is 0 Å². The van der Waals surface area contributed by atoms with E-state index in [1.165, 1.54) is 44.0 Å². The molecule has 0 bridgehead atoms. The van der Waals surface area contributed by atoms with Gasteiger partial charge in [0, 0.05) is 17.8 Å². The molecule has 35 heavy (non-hydrogen) atoms. The molecule has 3 heteroatoms. The summed E-state index contributed by atoms with van der Waals surface area (Å²) in [5.74, 6) is 2.76. The number of fused-ring (bicyclic) bond motifs is 7. The van der Waals surface area contributed by atoms with Crippen molar-refractivity contribution in [3.05, 3.63) is 12.2 Å². The molecule has 10 atom stereocenters. The van der Waals surface area contributed by atoms with Gasteiger partial charge in [-0.1, -0.05) is 46.8 Å². The Morgan fingerprint density at radius 2 is 1.54 bits per heavy atom. The minimum absolute atomic E-state index is 0.00743. The summed E-state index contributed by atoms with van der Waals surface area (Å²) in [5, 5.41) is 0. The van der Waals surface area contributed by atoms with Crippen molar-refractivity contribution in [3.8, 4) is 0 Å². The Balaban J connectivity index is 1.51. The van der Waals surface area contributed by atoms with E-state index in [4.69, 9.17) is 4.74 Å². The molecule has 0 N–H and O–H groups in total. The van der Waals surface area contributed by atoms with Gasteiger partial charge in [0.1, 0.15) is 12.4 Å². The van der Waals surface area contributed by atoms with Crippen molar-refractivity contribution >= 4 is 12.3 Å². The second-order valence-electron chi connectivity index (χ2n) is 15.0. The number of rotatable bonds is 3. The van der Waals surface area contributed by atoms with Gasteiger partial charge in [0.15, 0.2) is 0 Å². The highest BCUT2D eigenvalue weighted by molar-refractivity contribution is 5.66. The minimum Gasteiger partial charge on any atom is -0.462 e. The Hall–Kier alpha value is -1.12. The number of aldehydes is 1.